The number of hydrogen-bond donors (Lipinski definition) is 2. The number of carbonyl (C=O) groups excluding carboxylic acids is 1. The van der Waals surface area contributed by atoms with Crippen molar-refractivity contribution in [1.29, 1.82) is 0 Å². The largest absolute Gasteiger partial charge is 0.370 e. The van der Waals surface area contributed by atoms with Gasteiger partial charge in [-0.2, -0.15) is 4.99 Å². The first-order valence-corrected chi connectivity index (χ1v) is 5.00. The van der Waals surface area contributed by atoms with Crippen LogP contribution in [0.2, 0.25) is 10.0 Å². The van der Waals surface area contributed by atoms with E-state index in [-0.39, 0.29) is 18.4 Å². The van der Waals surface area contributed by atoms with Gasteiger partial charge in [-0.25, -0.2) is 4.79 Å². The van der Waals surface area contributed by atoms with Crippen LogP contribution in [0.1, 0.15) is 0 Å². The van der Waals surface area contributed by atoms with Gasteiger partial charge in [-0.15, -0.1) is 12.4 Å². The molecule has 2 amide bonds. The van der Waals surface area contributed by atoms with Crippen molar-refractivity contribution in [1.82, 2.24) is 0 Å². The van der Waals surface area contributed by atoms with Gasteiger partial charge >= 0.3 is 6.03 Å². The van der Waals surface area contributed by atoms with E-state index in [9.17, 15) is 4.79 Å². The number of amides is 2. The number of anilines is 1. The van der Waals surface area contributed by atoms with E-state index in [1.54, 1.807) is 18.2 Å². The predicted molar refractivity (Wildman–Crippen MR) is 73.3 cm³/mol. The highest BCUT2D eigenvalue weighted by Crippen LogP contribution is 2.32. The Bertz CT molecular complexity index is 426. The summed E-state index contributed by atoms with van der Waals surface area (Å²) in [5.74, 6) is -0.319. The summed E-state index contributed by atoms with van der Waals surface area (Å²) in [6.07, 6.45) is 0. The van der Waals surface area contributed by atoms with E-state index >= 15 is 0 Å². The van der Waals surface area contributed by atoms with Crippen LogP contribution in [0, 0.1) is 0 Å². The van der Waals surface area contributed by atoms with Crippen molar-refractivity contribution in [3.05, 3.63) is 28.2 Å². The van der Waals surface area contributed by atoms with Gasteiger partial charge in [0.25, 0.3) is 0 Å². The lowest BCUT2D eigenvalue weighted by molar-refractivity contribution is 0.255. The third-order valence-corrected chi connectivity index (χ3v) is 2.39. The molecule has 0 aliphatic heterocycles. The van der Waals surface area contributed by atoms with Crippen LogP contribution >= 0.6 is 35.6 Å². The first-order chi connectivity index (χ1) is 7.43. The van der Waals surface area contributed by atoms with Gasteiger partial charge in [0.2, 0.25) is 0 Å². The summed E-state index contributed by atoms with van der Waals surface area (Å²) in [5, 5.41) is 0.684. The fourth-order valence-electron chi connectivity index (χ4n) is 1.09. The van der Waals surface area contributed by atoms with E-state index < -0.39 is 6.03 Å². The molecule has 8 heteroatoms. The number of urea groups is 1. The minimum Gasteiger partial charge on any atom is -0.370 e. The van der Waals surface area contributed by atoms with Crippen molar-refractivity contribution < 1.29 is 4.79 Å². The molecule has 4 N–H and O–H groups in total. The number of nitrogens with two attached hydrogens (primary N) is 2. The summed E-state index contributed by atoms with van der Waals surface area (Å²) in [7, 11) is 1.47. The molecule has 0 saturated carbocycles. The van der Waals surface area contributed by atoms with Crippen molar-refractivity contribution in [2.24, 2.45) is 16.5 Å². The number of rotatable bonds is 1. The van der Waals surface area contributed by atoms with Gasteiger partial charge in [-0.1, -0.05) is 29.3 Å². The molecule has 0 aliphatic carbocycles. The maximum atomic E-state index is 11.5. The zero-order chi connectivity index (χ0) is 12.3. The third-order valence-electron chi connectivity index (χ3n) is 1.78. The third kappa shape index (κ3) is 3.96. The van der Waals surface area contributed by atoms with Crippen LogP contribution in [0.25, 0.3) is 0 Å². The molecule has 17 heavy (non-hydrogen) atoms. The second-order valence-electron chi connectivity index (χ2n) is 2.95. The Labute approximate surface area is 115 Å². The van der Waals surface area contributed by atoms with Crippen LogP contribution in [-0.2, 0) is 0 Å². The Hall–Kier alpha value is -1.17. The molecule has 0 spiro atoms. The Morgan fingerprint density at radius 2 is 1.76 bits per heavy atom. The molecule has 1 aromatic rings. The summed E-state index contributed by atoms with van der Waals surface area (Å²) >= 11 is 11.8. The second kappa shape index (κ2) is 6.54. The number of halogens is 3. The fourth-order valence-corrected chi connectivity index (χ4v) is 1.74. The average Bonchev–Trinajstić information content (AvgIpc) is 2.16. The molecule has 94 valence electrons. The van der Waals surface area contributed by atoms with E-state index in [4.69, 9.17) is 34.7 Å². The summed E-state index contributed by atoms with van der Waals surface area (Å²) in [6, 6.07) is 4.26. The molecule has 0 aliphatic rings. The summed E-state index contributed by atoms with van der Waals surface area (Å²) < 4.78 is 0. The molecule has 1 rings (SSSR count). The number of aliphatic imine (C=N–C) groups is 1. The summed E-state index contributed by atoms with van der Waals surface area (Å²) in [4.78, 5) is 16.1. The average molecular weight is 298 g/mol. The molecule has 1 aromatic carbocycles. The maximum Gasteiger partial charge on any atom is 0.351 e. The smallest absolute Gasteiger partial charge is 0.351 e. The van der Waals surface area contributed by atoms with Gasteiger partial charge in [-0.05, 0) is 12.1 Å². The van der Waals surface area contributed by atoms with Gasteiger partial charge in [0.05, 0.1) is 15.7 Å². The zero-order valence-electron chi connectivity index (χ0n) is 8.85. The molecule has 0 heterocycles. The summed E-state index contributed by atoms with van der Waals surface area (Å²) in [5.41, 5.74) is 10.6. The SMILES string of the molecule is CN(C(=O)N=C(N)N)c1c(Cl)cccc1Cl.Cl. The van der Waals surface area contributed by atoms with Crippen LogP contribution < -0.4 is 16.4 Å². The van der Waals surface area contributed by atoms with E-state index in [0.717, 1.165) is 0 Å². The minimum atomic E-state index is -0.644. The lowest BCUT2D eigenvalue weighted by atomic mass is 10.3. The first kappa shape index (κ1) is 15.8. The second-order valence-corrected chi connectivity index (χ2v) is 3.76. The van der Waals surface area contributed by atoms with Crippen LogP contribution in [-0.4, -0.2) is 19.0 Å². The first-order valence-electron chi connectivity index (χ1n) is 4.25. The highest BCUT2D eigenvalue weighted by molar-refractivity contribution is 6.39. The highest BCUT2D eigenvalue weighted by Gasteiger charge is 2.16. The van der Waals surface area contributed by atoms with E-state index in [1.165, 1.54) is 11.9 Å². The van der Waals surface area contributed by atoms with Gasteiger partial charge in [0.15, 0.2) is 5.96 Å². The minimum absolute atomic E-state index is 0. The number of guanidine groups is 1. The topological polar surface area (TPSA) is 84.7 Å². The van der Waals surface area contributed by atoms with Crippen molar-refractivity contribution in [2.75, 3.05) is 11.9 Å². The molecular weight excluding hydrogens is 286 g/mol. The van der Waals surface area contributed by atoms with E-state index in [1.807, 2.05) is 0 Å². The normalized spacial score (nSPS) is 9.12. The fraction of sp³-hybridized carbons (Fsp3) is 0.111. The molecule has 0 fully saturated rings. The molecule has 0 atom stereocenters. The van der Waals surface area contributed by atoms with Crippen molar-refractivity contribution >= 4 is 53.3 Å². The predicted octanol–water partition coefficient (Wildman–Crippen LogP) is 2.24. The van der Waals surface area contributed by atoms with Crippen LogP contribution in [0.15, 0.2) is 23.2 Å². The lowest BCUT2D eigenvalue weighted by Gasteiger charge is -2.17. The number of nitrogens with zero attached hydrogens (tertiary/aromatic N) is 2. The van der Waals surface area contributed by atoms with Crippen LogP contribution in [0.4, 0.5) is 10.5 Å². The Morgan fingerprint density at radius 3 is 2.18 bits per heavy atom. The Balaban J connectivity index is 0.00000256. The lowest BCUT2D eigenvalue weighted by Crippen LogP contribution is -2.30. The van der Waals surface area contributed by atoms with Gasteiger partial charge in [-0.3, -0.25) is 4.90 Å². The molecular formula is C9H11Cl3N4O. The molecule has 0 unspecified atom stereocenters. The van der Waals surface area contributed by atoms with Crippen LogP contribution in [0.3, 0.4) is 0 Å². The standard InChI is InChI=1S/C9H10Cl2N4O.ClH/c1-15(9(16)14-8(12)13)7-5(10)3-2-4-6(7)11;/h2-4H,1H3,(H4,12,13,14,16);1H. The van der Waals surface area contributed by atoms with Gasteiger partial charge in [0.1, 0.15) is 0 Å². The molecule has 0 saturated heterocycles. The van der Waals surface area contributed by atoms with Crippen molar-refractivity contribution in [3.63, 3.8) is 0 Å². The number of para-hydroxylation sites is 1. The number of carbonyl (C=O) groups is 1. The van der Waals surface area contributed by atoms with Gasteiger partial charge < -0.3 is 11.5 Å². The monoisotopic (exact) mass is 296 g/mol. The number of benzene rings is 1. The van der Waals surface area contributed by atoms with Crippen LogP contribution in [0.5, 0.6) is 0 Å². The molecule has 0 radical (unpaired) electrons. The zero-order valence-corrected chi connectivity index (χ0v) is 11.2. The molecule has 5 nitrogen and oxygen atoms in total. The van der Waals surface area contributed by atoms with Crippen molar-refractivity contribution in [2.45, 2.75) is 0 Å². The van der Waals surface area contributed by atoms with E-state index in [2.05, 4.69) is 4.99 Å². The van der Waals surface area contributed by atoms with E-state index in [0.29, 0.717) is 15.7 Å². The highest BCUT2D eigenvalue weighted by atomic mass is 35.5. The Morgan fingerprint density at radius 1 is 1.29 bits per heavy atom. The Kier molecular flexibility index (Phi) is 6.09. The molecule has 0 aromatic heterocycles. The number of hydrogen-bond acceptors (Lipinski definition) is 1. The van der Waals surface area contributed by atoms with Crippen molar-refractivity contribution in [3.8, 4) is 0 Å². The maximum absolute atomic E-state index is 11.5. The summed E-state index contributed by atoms with van der Waals surface area (Å²) in [6.45, 7) is 0. The molecule has 0 bridgehead atoms. The van der Waals surface area contributed by atoms with Gasteiger partial charge in [0, 0.05) is 7.05 Å². The quantitative estimate of drug-likeness (QED) is 0.616.